The minimum Gasteiger partial charge on any atom is -0.497 e. The van der Waals surface area contributed by atoms with Crippen molar-refractivity contribution in [3.05, 3.63) is 71.9 Å². The van der Waals surface area contributed by atoms with E-state index in [4.69, 9.17) is 9.26 Å². The highest BCUT2D eigenvalue weighted by atomic mass is 16.5. The number of rotatable bonds is 7. The van der Waals surface area contributed by atoms with Crippen LogP contribution < -0.4 is 10.1 Å². The highest BCUT2D eigenvalue weighted by Gasteiger charge is 2.28. The predicted octanol–water partition coefficient (Wildman–Crippen LogP) is 3.70. The van der Waals surface area contributed by atoms with Crippen LogP contribution in [-0.4, -0.2) is 48.1 Å². The zero-order valence-corrected chi connectivity index (χ0v) is 18.1. The second kappa shape index (κ2) is 10.1. The van der Waals surface area contributed by atoms with Gasteiger partial charge in [-0.2, -0.15) is 0 Å². The minimum absolute atomic E-state index is 0.0570. The maximum Gasteiger partial charge on any atom is 0.274 e. The standard InChI is InChI=1S/C25H27N3O4/c1-31-20-12-8-11-19(16-20)23-17-21(27-32-23)24(29)26-22(15-18-9-4-2-5-10-18)25(30)28-13-6-3-7-14-28/h2,4-5,8-12,16-17,22H,3,6-7,13-15H2,1H3,(H,26,29)/t22-/m0/s1. The van der Waals surface area contributed by atoms with Crippen LogP contribution in [0.5, 0.6) is 5.75 Å². The fourth-order valence-electron chi connectivity index (χ4n) is 3.91. The number of piperidine rings is 1. The van der Waals surface area contributed by atoms with Crippen LogP contribution in [0.25, 0.3) is 11.3 Å². The molecule has 166 valence electrons. The summed E-state index contributed by atoms with van der Waals surface area (Å²) < 4.78 is 10.6. The van der Waals surface area contributed by atoms with E-state index in [1.807, 2.05) is 53.4 Å². The van der Waals surface area contributed by atoms with Gasteiger partial charge in [0.25, 0.3) is 5.91 Å². The molecule has 1 atom stereocenters. The van der Waals surface area contributed by atoms with Crippen LogP contribution in [0, 0.1) is 0 Å². The van der Waals surface area contributed by atoms with E-state index in [9.17, 15) is 9.59 Å². The highest BCUT2D eigenvalue weighted by Crippen LogP contribution is 2.24. The van der Waals surface area contributed by atoms with Crippen LogP contribution in [0.15, 0.2) is 65.2 Å². The van der Waals surface area contributed by atoms with Crippen molar-refractivity contribution in [1.82, 2.24) is 15.4 Å². The van der Waals surface area contributed by atoms with Crippen molar-refractivity contribution >= 4 is 11.8 Å². The number of nitrogens with zero attached hydrogens (tertiary/aromatic N) is 2. The van der Waals surface area contributed by atoms with Gasteiger partial charge < -0.3 is 19.5 Å². The molecule has 0 radical (unpaired) electrons. The molecule has 1 fully saturated rings. The zero-order chi connectivity index (χ0) is 22.3. The van der Waals surface area contributed by atoms with Crippen LogP contribution in [0.3, 0.4) is 0 Å². The topological polar surface area (TPSA) is 84.7 Å². The molecular weight excluding hydrogens is 406 g/mol. The lowest BCUT2D eigenvalue weighted by Crippen LogP contribution is -2.51. The quantitative estimate of drug-likeness (QED) is 0.614. The van der Waals surface area contributed by atoms with E-state index in [0.717, 1.165) is 43.5 Å². The van der Waals surface area contributed by atoms with E-state index in [0.29, 0.717) is 17.9 Å². The Labute approximate surface area is 187 Å². The first-order valence-corrected chi connectivity index (χ1v) is 10.9. The third-order valence-corrected chi connectivity index (χ3v) is 5.65. The van der Waals surface area contributed by atoms with Gasteiger partial charge in [0.15, 0.2) is 11.5 Å². The van der Waals surface area contributed by atoms with Gasteiger partial charge in [-0.15, -0.1) is 0 Å². The third kappa shape index (κ3) is 5.17. The lowest BCUT2D eigenvalue weighted by atomic mass is 10.0. The van der Waals surface area contributed by atoms with E-state index < -0.39 is 11.9 Å². The molecule has 32 heavy (non-hydrogen) atoms. The van der Waals surface area contributed by atoms with Crippen LogP contribution in [0.2, 0.25) is 0 Å². The van der Waals surface area contributed by atoms with Gasteiger partial charge in [0.05, 0.1) is 7.11 Å². The number of likely N-dealkylation sites (tertiary alicyclic amines) is 1. The molecule has 0 unspecified atom stereocenters. The largest absolute Gasteiger partial charge is 0.497 e. The molecular formula is C25H27N3O4. The number of ether oxygens (including phenoxy) is 1. The molecule has 1 saturated heterocycles. The Morgan fingerprint density at radius 1 is 1.06 bits per heavy atom. The molecule has 0 spiro atoms. The van der Waals surface area contributed by atoms with E-state index in [2.05, 4.69) is 10.5 Å². The van der Waals surface area contributed by atoms with Gasteiger partial charge in [0.1, 0.15) is 11.8 Å². The molecule has 2 amide bonds. The zero-order valence-electron chi connectivity index (χ0n) is 18.1. The summed E-state index contributed by atoms with van der Waals surface area (Å²) in [5.41, 5.74) is 1.87. The van der Waals surface area contributed by atoms with Crippen molar-refractivity contribution in [2.75, 3.05) is 20.2 Å². The van der Waals surface area contributed by atoms with Gasteiger partial charge in [-0.1, -0.05) is 47.6 Å². The minimum atomic E-state index is -0.667. The average Bonchev–Trinajstić information content (AvgIpc) is 3.35. The van der Waals surface area contributed by atoms with Gasteiger partial charge >= 0.3 is 0 Å². The fourth-order valence-corrected chi connectivity index (χ4v) is 3.91. The molecule has 1 aromatic heterocycles. The summed E-state index contributed by atoms with van der Waals surface area (Å²) in [6.07, 6.45) is 3.53. The molecule has 4 rings (SSSR count). The Balaban J connectivity index is 1.51. The maximum atomic E-state index is 13.2. The number of hydrogen-bond donors (Lipinski definition) is 1. The first-order chi connectivity index (χ1) is 15.6. The summed E-state index contributed by atoms with van der Waals surface area (Å²) in [5, 5.41) is 6.82. The predicted molar refractivity (Wildman–Crippen MR) is 120 cm³/mol. The second-order valence-electron chi connectivity index (χ2n) is 7.91. The lowest BCUT2D eigenvalue weighted by molar-refractivity contribution is -0.134. The number of aromatic nitrogens is 1. The Morgan fingerprint density at radius 3 is 2.59 bits per heavy atom. The first kappa shape index (κ1) is 21.6. The summed E-state index contributed by atoms with van der Waals surface area (Å²) in [6, 6.07) is 17.9. The normalized spacial score (nSPS) is 14.6. The number of hydrogen-bond acceptors (Lipinski definition) is 5. The number of amides is 2. The van der Waals surface area contributed by atoms with E-state index in [1.54, 1.807) is 19.2 Å². The molecule has 0 saturated carbocycles. The van der Waals surface area contributed by atoms with Crippen LogP contribution in [-0.2, 0) is 11.2 Å². The van der Waals surface area contributed by atoms with Crippen molar-refractivity contribution in [2.45, 2.75) is 31.7 Å². The number of carbonyl (C=O) groups excluding carboxylic acids is 2. The Hall–Kier alpha value is -3.61. The van der Waals surface area contributed by atoms with Gasteiger partial charge in [-0.3, -0.25) is 9.59 Å². The van der Waals surface area contributed by atoms with E-state index in [-0.39, 0.29) is 11.6 Å². The maximum absolute atomic E-state index is 13.2. The molecule has 1 N–H and O–H groups in total. The summed E-state index contributed by atoms with van der Waals surface area (Å²) in [6.45, 7) is 1.45. The van der Waals surface area contributed by atoms with E-state index in [1.165, 1.54) is 0 Å². The summed E-state index contributed by atoms with van der Waals surface area (Å²) in [4.78, 5) is 28.0. The number of methoxy groups -OCH3 is 1. The molecule has 2 heterocycles. The smallest absolute Gasteiger partial charge is 0.274 e. The van der Waals surface area contributed by atoms with Crippen LogP contribution >= 0.6 is 0 Å². The molecule has 0 aliphatic carbocycles. The van der Waals surface area contributed by atoms with Gasteiger partial charge in [0.2, 0.25) is 5.91 Å². The number of carbonyl (C=O) groups is 2. The number of nitrogens with one attached hydrogen (secondary N) is 1. The summed E-state index contributed by atoms with van der Waals surface area (Å²) in [5.74, 6) is 0.642. The van der Waals surface area contributed by atoms with Crippen LogP contribution in [0.1, 0.15) is 35.3 Å². The molecule has 7 heteroatoms. The first-order valence-electron chi connectivity index (χ1n) is 10.9. The van der Waals surface area contributed by atoms with E-state index >= 15 is 0 Å². The molecule has 2 aromatic carbocycles. The second-order valence-corrected chi connectivity index (χ2v) is 7.91. The highest BCUT2D eigenvalue weighted by molar-refractivity contribution is 5.96. The molecule has 1 aliphatic rings. The van der Waals surface area contributed by atoms with Gasteiger partial charge in [0, 0.05) is 31.1 Å². The van der Waals surface area contributed by atoms with Gasteiger partial charge in [-0.25, -0.2) is 0 Å². The van der Waals surface area contributed by atoms with Crippen molar-refractivity contribution < 1.29 is 18.8 Å². The molecule has 0 bridgehead atoms. The summed E-state index contributed by atoms with van der Waals surface area (Å²) in [7, 11) is 1.59. The van der Waals surface area contributed by atoms with Crippen molar-refractivity contribution in [3.63, 3.8) is 0 Å². The van der Waals surface area contributed by atoms with Crippen LogP contribution in [0.4, 0.5) is 0 Å². The fraction of sp³-hybridized carbons (Fsp3) is 0.320. The molecule has 1 aliphatic heterocycles. The third-order valence-electron chi connectivity index (χ3n) is 5.65. The number of benzene rings is 2. The monoisotopic (exact) mass is 433 g/mol. The molecule has 3 aromatic rings. The Bertz CT molecular complexity index is 1060. The van der Waals surface area contributed by atoms with Crippen molar-refractivity contribution in [1.29, 1.82) is 0 Å². The van der Waals surface area contributed by atoms with Crippen molar-refractivity contribution in [2.24, 2.45) is 0 Å². The Morgan fingerprint density at radius 2 is 1.84 bits per heavy atom. The Kier molecular flexibility index (Phi) is 6.84. The van der Waals surface area contributed by atoms with Crippen molar-refractivity contribution in [3.8, 4) is 17.1 Å². The lowest BCUT2D eigenvalue weighted by Gasteiger charge is -2.30. The average molecular weight is 434 g/mol. The summed E-state index contributed by atoms with van der Waals surface area (Å²) >= 11 is 0. The molecule has 7 nitrogen and oxygen atoms in total. The van der Waals surface area contributed by atoms with Gasteiger partial charge in [-0.05, 0) is 37.0 Å². The SMILES string of the molecule is COc1cccc(-c2cc(C(=O)N[C@@H](Cc3ccccc3)C(=O)N3CCCCC3)no2)c1.